The summed E-state index contributed by atoms with van der Waals surface area (Å²) in [6, 6.07) is 18.9. The first-order valence-corrected chi connectivity index (χ1v) is 12.4. The zero-order valence-corrected chi connectivity index (χ0v) is 19.8. The molecule has 0 aromatic heterocycles. The first-order valence-electron chi connectivity index (χ1n) is 11.0. The van der Waals surface area contributed by atoms with Crippen LogP contribution in [0, 0.1) is 0 Å². The molecule has 1 aliphatic heterocycles. The van der Waals surface area contributed by atoms with Crippen molar-refractivity contribution in [2.45, 2.75) is 23.8 Å². The molecule has 0 spiro atoms. The van der Waals surface area contributed by atoms with Gasteiger partial charge in [-0.3, -0.25) is 14.3 Å². The molecule has 3 N–H and O–H groups in total. The minimum Gasteiger partial charge on any atom is -0.495 e. The summed E-state index contributed by atoms with van der Waals surface area (Å²) < 4.78 is 38.5. The van der Waals surface area contributed by atoms with Crippen molar-refractivity contribution >= 4 is 38.9 Å². The van der Waals surface area contributed by atoms with E-state index in [9.17, 15) is 18.0 Å². The standard InChI is InChI=1S/C25H25N3O6S/c1-33-22-6-3-2-5-21(22)28-35(31,32)20-14-8-17(9-15-20)24(29)26-18-10-12-19(13-11-18)27-25(30)23-7-4-16-34-23/h2-3,5-6,8-15,23,28H,4,7,16H2,1H3,(H,26,29)(H,27,30). The molecule has 1 fully saturated rings. The van der Waals surface area contributed by atoms with Crippen LogP contribution >= 0.6 is 0 Å². The second kappa shape index (κ2) is 10.6. The lowest BCUT2D eigenvalue weighted by molar-refractivity contribution is -0.124. The first-order chi connectivity index (χ1) is 16.9. The van der Waals surface area contributed by atoms with Gasteiger partial charge < -0.3 is 20.1 Å². The highest BCUT2D eigenvalue weighted by Gasteiger charge is 2.23. The Bertz CT molecular complexity index is 1300. The lowest BCUT2D eigenvalue weighted by Gasteiger charge is -2.12. The van der Waals surface area contributed by atoms with Crippen LogP contribution in [0.5, 0.6) is 5.75 Å². The highest BCUT2D eigenvalue weighted by atomic mass is 32.2. The van der Waals surface area contributed by atoms with Crippen LogP contribution in [-0.2, 0) is 19.6 Å². The molecule has 3 aromatic rings. The highest BCUT2D eigenvalue weighted by Crippen LogP contribution is 2.26. The van der Waals surface area contributed by atoms with Gasteiger partial charge in [0.2, 0.25) is 0 Å². The van der Waals surface area contributed by atoms with Crippen LogP contribution in [0.3, 0.4) is 0 Å². The second-order valence-electron chi connectivity index (χ2n) is 7.85. The van der Waals surface area contributed by atoms with Gasteiger partial charge in [0.25, 0.3) is 21.8 Å². The molecule has 2 amide bonds. The van der Waals surface area contributed by atoms with Crippen LogP contribution < -0.4 is 20.1 Å². The van der Waals surface area contributed by atoms with Crippen molar-refractivity contribution in [2.24, 2.45) is 0 Å². The van der Waals surface area contributed by atoms with Crippen LogP contribution in [0.4, 0.5) is 17.1 Å². The van der Waals surface area contributed by atoms with Gasteiger partial charge in [-0.2, -0.15) is 0 Å². The number of ether oxygens (including phenoxy) is 2. The van der Waals surface area contributed by atoms with Crippen molar-refractivity contribution in [3.8, 4) is 5.75 Å². The van der Waals surface area contributed by atoms with E-state index >= 15 is 0 Å². The molecule has 0 saturated carbocycles. The van der Waals surface area contributed by atoms with Crippen molar-refractivity contribution in [2.75, 3.05) is 29.1 Å². The zero-order chi connectivity index (χ0) is 24.8. The maximum absolute atomic E-state index is 12.7. The van der Waals surface area contributed by atoms with Crippen LogP contribution in [0.1, 0.15) is 23.2 Å². The molecule has 1 saturated heterocycles. The number of anilines is 3. The monoisotopic (exact) mass is 495 g/mol. The Balaban J connectivity index is 1.37. The molecule has 182 valence electrons. The normalized spacial score (nSPS) is 15.3. The Morgan fingerprint density at radius 3 is 2.20 bits per heavy atom. The summed E-state index contributed by atoms with van der Waals surface area (Å²) in [5.74, 6) is -0.193. The van der Waals surface area contributed by atoms with Crippen LogP contribution in [0.15, 0.2) is 77.7 Å². The molecule has 0 aliphatic carbocycles. The van der Waals surface area contributed by atoms with Crippen molar-refractivity contribution in [1.29, 1.82) is 0 Å². The summed E-state index contributed by atoms with van der Waals surface area (Å²) in [6.45, 7) is 0.592. The maximum atomic E-state index is 12.7. The molecular formula is C25H25N3O6S. The van der Waals surface area contributed by atoms with E-state index in [-0.39, 0.29) is 16.4 Å². The van der Waals surface area contributed by atoms with E-state index in [1.807, 2.05) is 0 Å². The van der Waals surface area contributed by atoms with Crippen LogP contribution in [0.2, 0.25) is 0 Å². The van der Waals surface area contributed by atoms with Crippen molar-refractivity contribution in [1.82, 2.24) is 0 Å². The minimum absolute atomic E-state index is 0.00583. The smallest absolute Gasteiger partial charge is 0.262 e. The van der Waals surface area contributed by atoms with Gasteiger partial charge in [0.15, 0.2) is 0 Å². The molecule has 0 bridgehead atoms. The van der Waals surface area contributed by atoms with Crippen molar-refractivity contribution in [3.05, 3.63) is 78.4 Å². The third-order valence-corrected chi connectivity index (χ3v) is 6.79. The lowest BCUT2D eigenvalue weighted by Crippen LogP contribution is -2.26. The van der Waals surface area contributed by atoms with Gasteiger partial charge >= 0.3 is 0 Å². The number of para-hydroxylation sites is 2. The molecule has 9 nitrogen and oxygen atoms in total. The van der Waals surface area contributed by atoms with Gasteiger partial charge in [-0.15, -0.1) is 0 Å². The van der Waals surface area contributed by atoms with E-state index in [0.717, 1.165) is 6.42 Å². The molecule has 10 heteroatoms. The zero-order valence-electron chi connectivity index (χ0n) is 19.0. The molecule has 1 atom stereocenters. The van der Waals surface area contributed by atoms with E-state index in [0.29, 0.717) is 35.8 Å². The Hall–Kier alpha value is -3.89. The second-order valence-corrected chi connectivity index (χ2v) is 9.53. The first kappa shape index (κ1) is 24.2. The number of methoxy groups -OCH3 is 1. The van der Waals surface area contributed by atoms with Gasteiger partial charge in [0.1, 0.15) is 11.9 Å². The fourth-order valence-electron chi connectivity index (χ4n) is 3.57. The SMILES string of the molecule is COc1ccccc1NS(=O)(=O)c1ccc(C(=O)Nc2ccc(NC(=O)C3CCCO3)cc2)cc1. The summed E-state index contributed by atoms with van der Waals surface area (Å²) in [4.78, 5) is 24.7. The summed E-state index contributed by atoms with van der Waals surface area (Å²) in [6.07, 6.45) is 1.15. The van der Waals surface area contributed by atoms with Crippen LogP contribution in [-0.4, -0.2) is 40.1 Å². The molecular weight excluding hydrogens is 470 g/mol. The van der Waals surface area contributed by atoms with E-state index in [4.69, 9.17) is 9.47 Å². The van der Waals surface area contributed by atoms with Crippen LogP contribution in [0.25, 0.3) is 0 Å². The topological polar surface area (TPSA) is 123 Å². The van der Waals surface area contributed by atoms with Gasteiger partial charge in [-0.25, -0.2) is 8.42 Å². The average Bonchev–Trinajstić information content (AvgIpc) is 3.41. The summed E-state index contributed by atoms with van der Waals surface area (Å²) in [5.41, 5.74) is 1.73. The predicted molar refractivity (Wildman–Crippen MR) is 132 cm³/mol. The molecule has 35 heavy (non-hydrogen) atoms. The maximum Gasteiger partial charge on any atom is 0.262 e. The Labute approximate surface area is 203 Å². The molecule has 1 heterocycles. The Morgan fingerprint density at radius 1 is 0.914 bits per heavy atom. The van der Waals surface area contributed by atoms with E-state index in [2.05, 4.69) is 15.4 Å². The number of carbonyl (C=O) groups excluding carboxylic acids is 2. The molecule has 1 unspecified atom stereocenters. The number of benzene rings is 3. The fourth-order valence-corrected chi connectivity index (χ4v) is 4.64. The average molecular weight is 496 g/mol. The van der Waals surface area contributed by atoms with E-state index in [1.165, 1.54) is 31.4 Å². The number of hydrogen-bond acceptors (Lipinski definition) is 6. The van der Waals surface area contributed by atoms with E-state index < -0.39 is 22.0 Å². The van der Waals surface area contributed by atoms with Gasteiger partial charge in [-0.1, -0.05) is 12.1 Å². The van der Waals surface area contributed by atoms with Gasteiger partial charge in [0.05, 0.1) is 17.7 Å². The number of hydrogen-bond donors (Lipinski definition) is 3. The third kappa shape index (κ3) is 5.97. The molecule has 3 aromatic carbocycles. The third-order valence-electron chi connectivity index (χ3n) is 5.41. The highest BCUT2D eigenvalue weighted by molar-refractivity contribution is 7.92. The molecule has 4 rings (SSSR count). The van der Waals surface area contributed by atoms with Gasteiger partial charge in [-0.05, 0) is 73.5 Å². The number of nitrogens with one attached hydrogen (secondary N) is 3. The number of rotatable bonds is 8. The fraction of sp³-hybridized carbons (Fsp3) is 0.200. The van der Waals surface area contributed by atoms with Crippen molar-refractivity contribution < 1.29 is 27.5 Å². The minimum atomic E-state index is -3.87. The summed E-state index contributed by atoms with van der Waals surface area (Å²) in [5, 5.41) is 5.54. The molecule has 1 aliphatic rings. The lowest BCUT2D eigenvalue weighted by atomic mass is 10.2. The Morgan fingerprint density at radius 2 is 1.57 bits per heavy atom. The Kier molecular flexibility index (Phi) is 7.33. The predicted octanol–water partition coefficient (Wildman–Crippen LogP) is 3.87. The van der Waals surface area contributed by atoms with Crippen molar-refractivity contribution in [3.63, 3.8) is 0 Å². The quantitative estimate of drug-likeness (QED) is 0.436. The number of sulfonamides is 1. The molecule has 0 radical (unpaired) electrons. The number of amides is 2. The van der Waals surface area contributed by atoms with Gasteiger partial charge in [0, 0.05) is 23.5 Å². The van der Waals surface area contributed by atoms with E-state index in [1.54, 1.807) is 48.5 Å². The summed E-state index contributed by atoms with van der Waals surface area (Å²) >= 11 is 0. The summed E-state index contributed by atoms with van der Waals surface area (Å²) in [7, 11) is -2.42. The number of carbonyl (C=O) groups is 2. The largest absolute Gasteiger partial charge is 0.495 e.